The summed E-state index contributed by atoms with van der Waals surface area (Å²) in [6.07, 6.45) is 0.360. The predicted octanol–water partition coefficient (Wildman–Crippen LogP) is 4.61. The largest absolute Gasteiger partial charge is 0.424 e. The van der Waals surface area contributed by atoms with Gasteiger partial charge in [0.1, 0.15) is 0 Å². The summed E-state index contributed by atoms with van der Waals surface area (Å²) in [5.74, 6) is 0.566. The molecule has 0 aliphatic carbocycles. The molecule has 0 saturated carbocycles. The molecule has 122 valence electrons. The van der Waals surface area contributed by atoms with Crippen LogP contribution in [0.1, 0.15) is 16.7 Å². The van der Waals surface area contributed by atoms with Gasteiger partial charge < -0.3 is 9.30 Å². The number of rotatable bonds is 2. The molecule has 2 heterocycles. The Morgan fingerprint density at radius 2 is 1.80 bits per heavy atom. The SMILES string of the molecule is Cc1cc2c(c3c1c1ccccc1n3Cc1ccccc1)OC(=O)C2. The summed E-state index contributed by atoms with van der Waals surface area (Å²) in [6.45, 7) is 2.86. The zero-order valence-corrected chi connectivity index (χ0v) is 14.0. The number of benzene rings is 3. The van der Waals surface area contributed by atoms with Crippen LogP contribution in [0.25, 0.3) is 21.8 Å². The van der Waals surface area contributed by atoms with Gasteiger partial charge in [0.2, 0.25) is 0 Å². The Kier molecular flexibility index (Phi) is 2.98. The minimum absolute atomic E-state index is 0.168. The van der Waals surface area contributed by atoms with E-state index < -0.39 is 0 Å². The molecule has 5 rings (SSSR count). The number of fused-ring (bicyclic) bond motifs is 5. The van der Waals surface area contributed by atoms with Gasteiger partial charge in [-0.05, 0) is 24.1 Å². The Hall–Kier alpha value is -3.07. The third-order valence-electron chi connectivity index (χ3n) is 5.00. The van der Waals surface area contributed by atoms with Crippen LogP contribution < -0.4 is 4.74 Å². The van der Waals surface area contributed by atoms with Gasteiger partial charge in [0, 0.05) is 28.4 Å². The summed E-state index contributed by atoms with van der Waals surface area (Å²) < 4.78 is 7.91. The van der Waals surface area contributed by atoms with Crippen molar-refractivity contribution in [3.05, 3.63) is 77.4 Å². The standard InChI is InChI=1S/C22H17NO2/c1-14-11-16-12-19(24)25-22(16)21-20(14)17-9-5-6-10-18(17)23(21)13-15-7-3-2-4-8-15/h2-11H,12-13H2,1H3. The molecule has 0 saturated heterocycles. The van der Waals surface area contributed by atoms with Crippen LogP contribution in [0.15, 0.2) is 60.7 Å². The first kappa shape index (κ1) is 14.3. The number of para-hydroxylation sites is 1. The van der Waals surface area contributed by atoms with Crippen molar-refractivity contribution in [2.45, 2.75) is 19.9 Å². The fourth-order valence-corrected chi connectivity index (χ4v) is 3.97. The van der Waals surface area contributed by atoms with Crippen molar-refractivity contribution in [2.75, 3.05) is 0 Å². The first-order valence-electron chi connectivity index (χ1n) is 8.50. The molecule has 0 unspecified atom stereocenters. The first-order valence-corrected chi connectivity index (χ1v) is 8.50. The molecule has 0 atom stereocenters. The molecular weight excluding hydrogens is 310 g/mol. The number of hydrogen-bond acceptors (Lipinski definition) is 2. The maximum atomic E-state index is 11.9. The Balaban J connectivity index is 1.89. The van der Waals surface area contributed by atoms with Crippen molar-refractivity contribution in [2.24, 2.45) is 0 Å². The second kappa shape index (κ2) is 5.21. The highest BCUT2D eigenvalue weighted by molar-refractivity contribution is 6.13. The Labute approximate surface area is 145 Å². The Morgan fingerprint density at radius 1 is 1.04 bits per heavy atom. The summed E-state index contributed by atoms with van der Waals surface area (Å²) in [5, 5.41) is 2.39. The van der Waals surface area contributed by atoms with E-state index >= 15 is 0 Å². The molecule has 3 aromatic carbocycles. The van der Waals surface area contributed by atoms with Crippen LogP contribution in [-0.4, -0.2) is 10.5 Å². The average Bonchev–Trinajstić information content (AvgIpc) is 3.14. The van der Waals surface area contributed by atoms with Gasteiger partial charge in [-0.25, -0.2) is 0 Å². The molecule has 3 heteroatoms. The number of hydrogen-bond donors (Lipinski definition) is 0. The van der Waals surface area contributed by atoms with Crippen molar-refractivity contribution in [1.82, 2.24) is 4.57 Å². The van der Waals surface area contributed by atoms with E-state index in [1.165, 1.54) is 27.4 Å². The number of aromatic nitrogens is 1. The summed E-state index contributed by atoms with van der Waals surface area (Å²) in [5.41, 5.74) is 5.61. The fourth-order valence-electron chi connectivity index (χ4n) is 3.97. The summed E-state index contributed by atoms with van der Waals surface area (Å²) >= 11 is 0. The number of ether oxygens (including phenoxy) is 1. The van der Waals surface area contributed by atoms with E-state index in [1.807, 2.05) is 6.07 Å². The minimum atomic E-state index is -0.168. The number of esters is 1. The molecule has 0 bridgehead atoms. The van der Waals surface area contributed by atoms with Crippen LogP contribution in [0.2, 0.25) is 0 Å². The Bertz CT molecular complexity index is 1140. The van der Waals surface area contributed by atoms with Crippen LogP contribution in [0.4, 0.5) is 0 Å². The van der Waals surface area contributed by atoms with Gasteiger partial charge in [0.15, 0.2) is 5.75 Å². The van der Waals surface area contributed by atoms with Gasteiger partial charge in [-0.1, -0.05) is 54.6 Å². The molecule has 0 radical (unpaired) electrons. The molecule has 4 aromatic rings. The lowest BCUT2D eigenvalue weighted by molar-refractivity contribution is -0.131. The van der Waals surface area contributed by atoms with E-state index in [2.05, 4.69) is 66.1 Å². The maximum Gasteiger partial charge on any atom is 0.315 e. The lowest BCUT2D eigenvalue weighted by Crippen LogP contribution is -2.03. The van der Waals surface area contributed by atoms with Crippen LogP contribution >= 0.6 is 0 Å². The van der Waals surface area contributed by atoms with Crippen LogP contribution in [0, 0.1) is 6.92 Å². The third kappa shape index (κ3) is 2.09. The van der Waals surface area contributed by atoms with Gasteiger partial charge >= 0.3 is 5.97 Å². The molecule has 0 amide bonds. The van der Waals surface area contributed by atoms with Gasteiger partial charge in [-0.15, -0.1) is 0 Å². The average molecular weight is 327 g/mol. The van der Waals surface area contributed by atoms with Gasteiger partial charge in [-0.3, -0.25) is 4.79 Å². The summed E-state index contributed by atoms with van der Waals surface area (Å²) in [7, 11) is 0. The van der Waals surface area contributed by atoms with Gasteiger partial charge in [0.25, 0.3) is 0 Å². The normalized spacial score (nSPS) is 13.4. The number of nitrogens with zero attached hydrogens (tertiary/aromatic N) is 1. The lowest BCUT2D eigenvalue weighted by atomic mass is 10.0. The minimum Gasteiger partial charge on any atom is -0.424 e. The van der Waals surface area contributed by atoms with Crippen molar-refractivity contribution in [3.63, 3.8) is 0 Å². The van der Waals surface area contributed by atoms with E-state index in [4.69, 9.17) is 4.74 Å². The lowest BCUT2D eigenvalue weighted by Gasteiger charge is -2.11. The van der Waals surface area contributed by atoms with Gasteiger partial charge in [-0.2, -0.15) is 0 Å². The van der Waals surface area contributed by atoms with Crippen LogP contribution in [0.3, 0.4) is 0 Å². The monoisotopic (exact) mass is 327 g/mol. The van der Waals surface area contributed by atoms with E-state index in [-0.39, 0.29) is 5.97 Å². The predicted molar refractivity (Wildman–Crippen MR) is 99.1 cm³/mol. The zero-order valence-electron chi connectivity index (χ0n) is 14.0. The van der Waals surface area contributed by atoms with Crippen molar-refractivity contribution in [1.29, 1.82) is 0 Å². The third-order valence-corrected chi connectivity index (χ3v) is 5.00. The highest BCUT2D eigenvalue weighted by atomic mass is 16.5. The molecule has 25 heavy (non-hydrogen) atoms. The topological polar surface area (TPSA) is 31.2 Å². The van der Waals surface area contributed by atoms with Crippen LogP contribution in [0.5, 0.6) is 5.75 Å². The van der Waals surface area contributed by atoms with Gasteiger partial charge in [0.05, 0.1) is 11.9 Å². The van der Waals surface area contributed by atoms with E-state index in [0.717, 1.165) is 23.4 Å². The number of aryl methyl sites for hydroxylation is 1. The zero-order chi connectivity index (χ0) is 17.0. The van der Waals surface area contributed by atoms with Crippen molar-refractivity contribution in [3.8, 4) is 5.75 Å². The van der Waals surface area contributed by atoms with Crippen molar-refractivity contribution < 1.29 is 9.53 Å². The summed E-state index contributed by atoms with van der Waals surface area (Å²) in [4.78, 5) is 11.9. The molecule has 1 aliphatic rings. The highest BCUT2D eigenvalue weighted by Gasteiger charge is 2.27. The quantitative estimate of drug-likeness (QED) is 0.397. The first-order chi connectivity index (χ1) is 12.2. The maximum absolute atomic E-state index is 11.9. The van der Waals surface area contributed by atoms with Crippen LogP contribution in [-0.2, 0) is 17.8 Å². The molecular formula is C22H17NO2. The molecule has 0 spiro atoms. The fraction of sp³-hybridized carbons (Fsp3) is 0.136. The van der Waals surface area contributed by atoms with E-state index in [9.17, 15) is 4.79 Å². The molecule has 0 N–H and O–H groups in total. The highest BCUT2D eigenvalue weighted by Crippen LogP contribution is 2.42. The number of carbonyl (C=O) groups is 1. The second-order valence-corrected chi connectivity index (χ2v) is 6.65. The summed E-state index contributed by atoms with van der Waals surface area (Å²) in [6, 6.07) is 20.9. The van der Waals surface area contributed by atoms with E-state index in [1.54, 1.807) is 0 Å². The smallest absolute Gasteiger partial charge is 0.315 e. The number of carbonyl (C=O) groups excluding carboxylic acids is 1. The molecule has 1 aliphatic heterocycles. The Morgan fingerprint density at radius 3 is 2.64 bits per heavy atom. The molecule has 3 nitrogen and oxygen atoms in total. The van der Waals surface area contributed by atoms with Crippen molar-refractivity contribution >= 4 is 27.8 Å². The van der Waals surface area contributed by atoms with E-state index in [0.29, 0.717) is 6.42 Å². The second-order valence-electron chi connectivity index (χ2n) is 6.65. The molecule has 0 fully saturated rings. The molecule has 1 aromatic heterocycles.